The number of ether oxygens (including phenoxy) is 1. The van der Waals surface area contributed by atoms with Gasteiger partial charge in [0, 0.05) is 15.3 Å². The number of nitrogens with two attached hydrogens (primary N) is 1. The number of carbonyl (C=O) groups excluding carboxylic acids is 2. The molecular formula is C17H21N3O3S. The first kappa shape index (κ1) is 17.8. The number of carbonyl (C=O) groups is 2. The van der Waals surface area contributed by atoms with Crippen LogP contribution in [-0.2, 0) is 0 Å². The van der Waals surface area contributed by atoms with Gasteiger partial charge >= 0.3 is 6.03 Å². The molecule has 24 heavy (non-hydrogen) atoms. The highest BCUT2D eigenvalue weighted by molar-refractivity contribution is 7.12. The Morgan fingerprint density at radius 1 is 1.25 bits per heavy atom. The number of benzene rings is 1. The van der Waals surface area contributed by atoms with Crippen LogP contribution in [0.15, 0.2) is 24.3 Å². The number of aryl methyl sites for hydroxylation is 2. The summed E-state index contributed by atoms with van der Waals surface area (Å²) in [7, 11) is 1.49. The standard InChI is InChI=1S/C17H21N3O3S/c1-9-7-13(11(3)24-9)10(2)19-17(22)20-14-8-12(16(18)21)5-6-15(14)23-4/h5-8,10H,1-4H3,(H2,18,21)(H2,19,20,22)/t10-/m0/s1. The molecule has 0 bridgehead atoms. The lowest BCUT2D eigenvalue weighted by Crippen LogP contribution is -2.31. The molecule has 7 heteroatoms. The molecule has 0 unspecified atom stereocenters. The number of primary amides is 1. The minimum absolute atomic E-state index is 0.139. The summed E-state index contributed by atoms with van der Waals surface area (Å²) < 4.78 is 5.20. The molecule has 1 atom stereocenters. The van der Waals surface area contributed by atoms with Crippen molar-refractivity contribution in [1.82, 2.24) is 5.32 Å². The molecule has 6 nitrogen and oxygen atoms in total. The molecule has 0 spiro atoms. The normalized spacial score (nSPS) is 11.7. The maximum absolute atomic E-state index is 12.3. The van der Waals surface area contributed by atoms with E-state index in [2.05, 4.69) is 16.7 Å². The molecule has 0 radical (unpaired) electrons. The fraction of sp³-hybridized carbons (Fsp3) is 0.294. The third-order valence-corrected chi connectivity index (χ3v) is 4.61. The van der Waals surface area contributed by atoms with Gasteiger partial charge in [-0.25, -0.2) is 4.79 Å². The minimum Gasteiger partial charge on any atom is -0.495 e. The number of hydrogen-bond donors (Lipinski definition) is 3. The summed E-state index contributed by atoms with van der Waals surface area (Å²) in [6.07, 6.45) is 0. The van der Waals surface area contributed by atoms with Crippen molar-refractivity contribution < 1.29 is 14.3 Å². The van der Waals surface area contributed by atoms with Gasteiger partial charge in [0.25, 0.3) is 0 Å². The van der Waals surface area contributed by atoms with E-state index >= 15 is 0 Å². The zero-order valence-electron chi connectivity index (χ0n) is 14.1. The third-order valence-electron chi connectivity index (χ3n) is 3.63. The second kappa shape index (κ2) is 7.35. The minimum atomic E-state index is -0.571. The Morgan fingerprint density at radius 3 is 2.50 bits per heavy atom. The third kappa shape index (κ3) is 4.05. The fourth-order valence-corrected chi connectivity index (χ4v) is 3.49. The number of amides is 3. The van der Waals surface area contributed by atoms with Gasteiger partial charge in [-0.3, -0.25) is 4.79 Å². The topological polar surface area (TPSA) is 93.4 Å². The Hall–Kier alpha value is -2.54. The molecule has 128 valence electrons. The zero-order valence-corrected chi connectivity index (χ0v) is 14.9. The van der Waals surface area contributed by atoms with Crippen molar-refractivity contribution >= 4 is 29.0 Å². The highest BCUT2D eigenvalue weighted by Gasteiger charge is 2.16. The summed E-state index contributed by atoms with van der Waals surface area (Å²) in [6.45, 7) is 5.99. The predicted octanol–water partition coefficient (Wildman–Crippen LogP) is 3.36. The van der Waals surface area contributed by atoms with Crippen LogP contribution in [0.1, 0.15) is 38.6 Å². The van der Waals surface area contributed by atoms with Crippen molar-refractivity contribution in [2.45, 2.75) is 26.8 Å². The molecule has 2 rings (SSSR count). The average Bonchev–Trinajstić information content (AvgIpc) is 2.85. The van der Waals surface area contributed by atoms with Gasteiger partial charge in [0.1, 0.15) is 5.75 Å². The molecule has 4 N–H and O–H groups in total. The lowest BCUT2D eigenvalue weighted by atomic mass is 10.1. The molecule has 1 heterocycles. The van der Waals surface area contributed by atoms with Crippen molar-refractivity contribution in [3.63, 3.8) is 0 Å². The van der Waals surface area contributed by atoms with Crippen LogP contribution < -0.4 is 21.1 Å². The number of urea groups is 1. The number of nitrogens with one attached hydrogen (secondary N) is 2. The Bertz CT molecular complexity index is 770. The van der Waals surface area contributed by atoms with E-state index in [-0.39, 0.29) is 12.1 Å². The molecule has 2 aromatic rings. The molecule has 0 aliphatic rings. The van der Waals surface area contributed by atoms with Gasteiger partial charge < -0.3 is 21.1 Å². The average molecular weight is 347 g/mol. The van der Waals surface area contributed by atoms with Crippen molar-refractivity contribution in [2.75, 3.05) is 12.4 Å². The number of hydrogen-bond acceptors (Lipinski definition) is 4. The highest BCUT2D eigenvalue weighted by Crippen LogP contribution is 2.27. The molecule has 0 aliphatic carbocycles. The van der Waals surface area contributed by atoms with Crippen LogP contribution in [-0.4, -0.2) is 19.0 Å². The predicted molar refractivity (Wildman–Crippen MR) is 95.9 cm³/mol. The highest BCUT2D eigenvalue weighted by atomic mass is 32.1. The zero-order chi connectivity index (χ0) is 17.9. The second-order valence-electron chi connectivity index (χ2n) is 5.47. The van der Waals surface area contributed by atoms with Crippen LogP contribution in [0.5, 0.6) is 5.75 Å². The van der Waals surface area contributed by atoms with Crippen molar-refractivity contribution in [3.8, 4) is 5.75 Å². The van der Waals surface area contributed by atoms with Crippen LogP contribution in [0.4, 0.5) is 10.5 Å². The first-order chi connectivity index (χ1) is 11.3. The number of thiophene rings is 1. The summed E-state index contributed by atoms with van der Waals surface area (Å²) >= 11 is 1.70. The van der Waals surface area contributed by atoms with Crippen molar-refractivity contribution in [2.24, 2.45) is 5.73 Å². The Morgan fingerprint density at radius 2 is 1.96 bits per heavy atom. The van der Waals surface area contributed by atoms with E-state index in [0.717, 1.165) is 5.56 Å². The molecular weight excluding hydrogens is 326 g/mol. The number of anilines is 1. The van der Waals surface area contributed by atoms with Crippen LogP contribution in [0.3, 0.4) is 0 Å². The molecule has 0 aliphatic heterocycles. The Kier molecular flexibility index (Phi) is 5.46. The van der Waals surface area contributed by atoms with Gasteiger partial charge in [0.2, 0.25) is 5.91 Å². The van der Waals surface area contributed by atoms with E-state index in [0.29, 0.717) is 17.0 Å². The molecule has 1 aromatic heterocycles. The maximum atomic E-state index is 12.3. The number of rotatable bonds is 5. The van der Waals surface area contributed by atoms with Crippen LogP contribution in [0, 0.1) is 13.8 Å². The van der Waals surface area contributed by atoms with E-state index in [1.807, 2.05) is 20.8 Å². The molecule has 0 saturated heterocycles. The quantitative estimate of drug-likeness (QED) is 0.774. The van der Waals surface area contributed by atoms with Crippen LogP contribution in [0.25, 0.3) is 0 Å². The fourth-order valence-electron chi connectivity index (χ4n) is 2.47. The van der Waals surface area contributed by atoms with Crippen molar-refractivity contribution in [1.29, 1.82) is 0 Å². The smallest absolute Gasteiger partial charge is 0.319 e. The van der Waals surface area contributed by atoms with Gasteiger partial charge in [-0.2, -0.15) is 0 Å². The molecule has 0 saturated carbocycles. The van der Waals surface area contributed by atoms with E-state index in [4.69, 9.17) is 10.5 Å². The monoisotopic (exact) mass is 347 g/mol. The summed E-state index contributed by atoms with van der Waals surface area (Å²) in [5.41, 5.74) is 7.04. The van der Waals surface area contributed by atoms with E-state index in [1.54, 1.807) is 23.5 Å². The van der Waals surface area contributed by atoms with Gasteiger partial charge in [-0.05, 0) is 50.6 Å². The summed E-state index contributed by atoms with van der Waals surface area (Å²) in [5.74, 6) is -0.121. The maximum Gasteiger partial charge on any atom is 0.319 e. The van der Waals surface area contributed by atoms with Crippen LogP contribution in [0.2, 0.25) is 0 Å². The SMILES string of the molecule is COc1ccc(C(N)=O)cc1NC(=O)N[C@@H](C)c1cc(C)sc1C. The number of methoxy groups -OCH3 is 1. The molecule has 3 amide bonds. The lowest BCUT2D eigenvalue weighted by Gasteiger charge is -2.16. The van der Waals surface area contributed by atoms with Crippen molar-refractivity contribution in [3.05, 3.63) is 45.1 Å². The Balaban J connectivity index is 2.13. The first-order valence-electron chi connectivity index (χ1n) is 7.44. The largest absolute Gasteiger partial charge is 0.495 e. The van der Waals surface area contributed by atoms with Gasteiger partial charge in [0.15, 0.2) is 0 Å². The summed E-state index contributed by atoms with van der Waals surface area (Å²) in [6, 6.07) is 6.17. The summed E-state index contributed by atoms with van der Waals surface area (Å²) in [4.78, 5) is 25.9. The lowest BCUT2D eigenvalue weighted by molar-refractivity contribution is 0.1000. The van der Waals surface area contributed by atoms with E-state index in [9.17, 15) is 9.59 Å². The van der Waals surface area contributed by atoms with Gasteiger partial charge in [0.05, 0.1) is 18.8 Å². The second-order valence-corrected chi connectivity index (χ2v) is 6.93. The van der Waals surface area contributed by atoms with E-state index in [1.165, 1.54) is 22.9 Å². The van der Waals surface area contributed by atoms with Crippen LogP contribution >= 0.6 is 11.3 Å². The summed E-state index contributed by atoms with van der Waals surface area (Å²) in [5, 5.41) is 5.59. The Labute approximate surface area is 145 Å². The van der Waals surface area contributed by atoms with Gasteiger partial charge in [-0.15, -0.1) is 11.3 Å². The molecule has 0 fully saturated rings. The first-order valence-corrected chi connectivity index (χ1v) is 8.25. The molecule has 1 aromatic carbocycles. The van der Waals surface area contributed by atoms with Gasteiger partial charge in [-0.1, -0.05) is 0 Å². The van der Waals surface area contributed by atoms with E-state index < -0.39 is 5.91 Å².